The van der Waals surface area contributed by atoms with Gasteiger partial charge in [-0.25, -0.2) is 4.79 Å². The number of hydrogen-bond donors (Lipinski definition) is 2. The van der Waals surface area contributed by atoms with Gasteiger partial charge >= 0.3 is 12.1 Å². The number of ether oxygens (including phenoxy) is 1. The first kappa shape index (κ1) is 22.5. The van der Waals surface area contributed by atoms with Crippen molar-refractivity contribution < 1.29 is 32.3 Å². The lowest BCUT2D eigenvalue weighted by atomic mass is 9.98. The monoisotopic (exact) mass is 442 g/mol. The standard InChI is InChI=1S/C23H17F3N2O4/c24-23(25,26)17-12-10-15(11-13-17)18-8-4-5-9-19(18)22(31)32-14-20(29)27-28-21(30)16-6-2-1-3-7-16/h1-13H,14H2,(H,27,29)(H,28,30). The van der Waals surface area contributed by atoms with Crippen LogP contribution in [0.4, 0.5) is 13.2 Å². The van der Waals surface area contributed by atoms with Crippen LogP contribution in [0.5, 0.6) is 0 Å². The molecule has 0 heterocycles. The van der Waals surface area contributed by atoms with Gasteiger partial charge in [0.25, 0.3) is 11.8 Å². The number of hydrazine groups is 1. The van der Waals surface area contributed by atoms with Crippen LogP contribution in [0.2, 0.25) is 0 Å². The zero-order chi connectivity index (χ0) is 23.1. The van der Waals surface area contributed by atoms with Crippen LogP contribution in [0.1, 0.15) is 26.3 Å². The quantitative estimate of drug-likeness (QED) is 0.462. The first-order chi connectivity index (χ1) is 15.3. The van der Waals surface area contributed by atoms with Crippen LogP contribution in [0.25, 0.3) is 11.1 Å². The normalized spacial score (nSPS) is 10.8. The second kappa shape index (κ2) is 9.78. The molecular formula is C23H17F3N2O4. The number of alkyl halides is 3. The highest BCUT2D eigenvalue weighted by molar-refractivity contribution is 5.99. The maximum atomic E-state index is 12.8. The van der Waals surface area contributed by atoms with Crippen LogP contribution in [0.3, 0.4) is 0 Å². The number of hydrogen-bond acceptors (Lipinski definition) is 4. The smallest absolute Gasteiger partial charge is 0.416 e. The Morgan fingerprint density at radius 2 is 1.41 bits per heavy atom. The Balaban J connectivity index is 1.61. The van der Waals surface area contributed by atoms with Gasteiger partial charge in [0.15, 0.2) is 6.61 Å². The van der Waals surface area contributed by atoms with Gasteiger partial charge < -0.3 is 4.74 Å². The number of carbonyl (C=O) groups is 3. The van der Waals surface area contributed by atoms with Crippen LogP contribution in [0, 0.1) is 0 Å². The number of benzene rings is 3. The van der Waals surface area contributed by atoms with E-state index in [9.17, 15) is 27.6 Å². The highest BCUT2D eigenvalue weighted by Gasteiger charge is 2.30. The van der Waals surface area contributed by atoms with E-state index in [0.29, 0.717) is 16.7 Å². The number of esters is 1. The molecule has 3 aromatic rings. The highest BCUT2D eigenvalue weighted by Crippen LogP contribution is 2.32. The first-order valence-corrected chi connectivity index (χ1v) is 9.34. The van der Waals surface area contributed by atoms with Crippen molar-refractivity contribution in [1.82, 2.24) is 10.9 Å². The van der Waals surface area contributed by atoms with Crippen molar-refractivity contribution in [3.8, 4) is 11.1 Å². The molecule has 0 unspecified atom stereocenters. The summed E-state index contributed by atoms with van der Waals surface area (Å²) in [5.41, 5.74) is 4.65. The molecule has 3 rings (SSSR count). The Hall–Kier alpha value is -4.14. The van der Waals surface area contributed by atoms with Gasteiger partial charge in [0.2, 0.25) is 0 Å². The van der Waals surface area contributed by atoms with Crippen LogP contribution < -0.4 is 10.9 Å². The van der Waals surface area contributed by atoms with Gasteiger partial charge in [0.1, 0.15) is 0 Å². The fraction of sp³-hybridized carbons (Fsp3) is 0.0870. The predicted octanol–water partition coefficient (Wildman–Crippen LogP) is 3.99. The molecule has 0 aromatic heterocycles. The van der Waals surface area contributed by atoms with E-state index in [0.717, 1.165) is 12.1 Å². The number of halogens is 3. The number of carbonyl (C=O) groups excluding carboxylic acids is 3. The average molecular weight is 442 g/mol. The SMILES string of the molecule is O=C(COC(=O)c1ccccc1-c1ccc(C(F)(F)F)cc1)NNC(=O)c1ccccc1. The van der Waals surface area contributed by atoms with Crippen LogP contribution >= 0.6 is 0 Å². The van der Waals surface area contributed by atoms with Gasteiger partial charge in [-0.2, -0.15) is 13.2 Å². The van der Waals surface area contributed by atoms with Gasteiger partial charge in [-0.1, -0.05) is 48.5 Å². The topological polar surface area (TPSA) is 84.5 Å². The van der Waals surface area contributed by atoms with Crippen molar-refractivity contribution in [2.75, 3.05) is 6.61 Å². The molecule has 0 fully saturated rings. The molecule has 3 aromatic carbocycles. The zero-order valence-electron chi connectivity index (χ0n) is 16.5. The molecule has 0 saturated heterocycles. The second-order valence-corrected chi connectivity index (χ2v) is 6.57. The molecule has 9 heteroatoms. The van der Waals surface area contributed by atoms with E-state index >= 15 is 0 Å². The van der Waals surface area contributed by atoms with E-state index in [1.165, 1.54) is 18.2 Å². The van der Waals surface area contributed by atoms with Crippen molar-refractivity contribution in [1.29, 1.82) is 0 Å². The average Bonchev–Trinajstić information content (AvgIpc) is 2.81. The third kappa shape index (κ3) is 5.72. The summed E-state index contributed by atoms with van der Waals surface area (Å²) >= 11 is 0. The molecule has 2 N–H and O–H groups in total. The number of amides is 2. The van der Waals surface area contributed by atoms with Crippen molar-refractivity contribution in [3.05, 3.63) is 95.6 Å². The minimum atomic E-state index is -4.47. The Bertz CT molecular complexity index is 1110. The molecule has 2 amide bonds. The minimum absolute atomic E-state index is 0.0772. The fourth-order valence-electron chi connectivity index (χ4n) is 2.78. The summed E-state index contributed by atoms with van der Waals surface area (Å²) in [7, 11) is 0. The van der Waals surface area contributed by atoms with E-state index in [4.69, 9.17) is 4.74 Å². The fourth-order valence-corrected chi connectivity index (χ4v) is 2.78. The Labute approximate surface area is 181 Å². The van der Waals surface area contributed by atoms with Gasteiger partial charge in [0, 0.05) is 5.56 Å². The minimum Gasteiger partial charge on any atom is -0.452 e. The molecule has 0 bridgehead atoms. The Morgan fingerprint density at radius 1 is 0.781 bits per heavy atom. The lowest BCUT2D eigenvalue weighted by molar-refractivity contribution is -0.137. The number of nitrogens with one attached hydrogen (secondary N) is 2. The molecular weight excluding hydrogens is 425 g/mol. The lowest BCUT2D eigenvalue weighted by Crippen LogP contribution is -2.43. The third-order valence-electron chi connectivity index (χ3n) is 4.36. The summed E-state index contributed by atoms with van der Waals surface area (Å²) in [6.45, 7) is -0.671. The summed E-state index contributed by atoms with van der Waals surface area (Å²) in [5.74, 6) is -2.15. The summed E-state index contributed by atoms with van der Waals surface area (Å²) in [5, 5.41) is 0. The number of rotatable bonds is 5. The van der Waals surface area contributed by atoms with Crippen molar-refractivity contribution in [3.63, 3.8) is 0 Å². The Morgan fingerprint density at radius 3 is 2.06 bits per heavy atom. The summed E-state index contributed by atoms with van der Waals surface area (Å²) in [6, 6.07) is 18.7. The maximum absolute atomic E-state index is 12.8. The molecule has 0 saturated carbocycles. The molecule has 0 spiro atoms. The van der Waals surface area contributed by atoms with Gasteiger partial charge in [-0.3, -0.25) is 20.4 Å². The highest BCUT2D eigenvalue weighted by atomic mass is 19.4. The van der Waals surface area contributed by atoms with E-state index in [-0.39, 0.29) is 5.56 Å². The summed E-state index contributed by atoms with van der Waals surface area (Å²) < 4.78 is 43.3. The van der Waals surface area contributed by atoms with Crippen molar-refractivity contribution in [2.24, 2.45) is 0 Å². The van der Waals surface area contributed by atoms with E-state index < -0.39 is 36.1 Å². The second-order valence-electron chi connectivity index (χ2n) is 6.57. The molecule has 32 heavy (non-hydrogen) atoms. The summed E-state index contributed by atoms with van der Waals surface area (Å²) in [6.07, 6.45) is -4.47. The first-order valence-electron chi connectivity index (χ1n) is 9.34. The maximum Gasteiger partial charge on any atom is 0.416 e. The molecule has 0 aliphatic carbocycles. The molecule has 6 nitrogen and oxygen atoms in total. The molecule has 0 radical (unpaired) electrons. The molecule has 0 aliphatic rings. The molecule has 0 atom stereocenters. The van der Waals surface area contributed by atoms with Crippen LogP contribution in [-0.2, 0) is 15.7 Å². The van der Waals surface area contributed by atoms with E-state index in [1.54, 1.807) is 48.5 Å². The Kier molecular flexibility index (Phi) is 6.89. The van der Waals surface area contributed by atoms with Crippen molar-refractivity contribution in [2.45, 2.75) is 6.18 Å². The zero-order valence-corrected chi connectivity index (χ0v) is 16.5. The van der Waals surface area contributed by atoms with Gasteiger partial charge in [-0.15, -0.1) is 0 Å². The van der Waals surface area contributed by atoms with Crippen LogP contribution in [0.15, 0.2) is 78.9 Å². The largest absolute Gasteiger partial charge is 0.452 e. The van der Waals surface area contributed by atoms with Gasteiger partial charge in [0.05, 0.1) is 11.1 Å². The molecule has 0 aliphatic heterocycles. The van der Waals surface area contributed by atoms with Crippen LogP contribution in [-0.4, -0.2) is 24.4 Å². The molecule has 164 valence electrons. The lowest BCUT2D eigenvalue weighted by Gasteiger charge is -2.12. The van der Waals surface area contributed by atoms with E-state index in [2.05, 4.69) is 10.9 Å². The predicted molar refractivity (Wildman–Crippen MR) is 109 cm³/mol. The third-order valence-corrected chi connectivity index (χ3v) is 4.36. The summed E-state index contributed by atoms with van der Waals surface area (Å²) in [4.78, 5) is 36.2. The van der Waals surface area contributed by atoms with Crippen molar-refractivity contribution >= 4 is 17.8 Å². The van der Waals surface area contributed by atoms with E-state index in [1.807, 2.05) is 0 Å². The van der Waals surface area contributed by atoms with Gasteiger partial charge in [-0.05, 0) is 41.5 Å².